The summed E-state index contributed by atoms with van der Waals surface area (Å²) in [4.78, 5) is 19.5. The van der Waals surface area contributed by atoms with E-state index in [1.807, 2.05) is 29.2 Å². The lowest BCUT2D eigenvalue weighted by molar-refractivity contribution is -0.125. The normalized spacial score (nSPS) is 28.9. The van der Waals surface area contributed by atoms with Crippen LogP contribution in [0.3, 0.4) is 0 Å². The highest BCUT2D eigenvalue weighted by atomic mass is 16.5. The van der Waals surface area contributed by atoms with Gasteiger partial charge in [0, 0.05) is 31.1 Å². The Bertz CT molecular complexity index is 1100. The molecule has 4 bridgehead atoms. The molecular weight excluding hydrogens is 424 g/mol. The fraction of sp³-hybridized carbons (Fsp3) is 0.500. The first-order chi connectivity index (χ1) is 16.6. The van der Waals surface area contributed by atoms with Crippen LogP contribution in [0.2, 0.25) is 0 Å². The third kappa shape index (κ3) is 3.93. The minimum Gasteiger partial charge on any atom is -0.496 e. The summed E-state index contributed by atoms with van der Waals surface area (Å²) in [6.45, 7) is 1.25. The second kappa shape index (κ2) is 8.64. The van der Waals surface area contributed by atoms with Crippen molar-refractivity contribution >= 4 is 17.6 Å². The number of carbonyl (C=O) groups is 1. The molecule has 4 aliphatic carbocycles. The fourth-order valence-electron chi connectivity index (χ4n) is 7.18. The zero-order valence-electron chi connectivity index (χ0n) is 19.9. The van der Waals surface area contributed by atoms with E-state index in [9.17, 15) is 4.79 Å². The van der Waals surface area contributed by atoms with E-state index < -0.39 is 0 Å². The van der Waals surface area contributed by atoms with E-state index in [2.05, 4.69) is 28.5 Å². The minimum atomic E-state index is 0.155. The number of para-hydroxylation sites is 1. The van der Waals surface area contributed by atoms with E-state index >= 15 is 0 Å². The number of nitrogens with two attached hydrogens (primary N) is 1. The summed E-state index contributed by atoms with van der Waals surface area (Å²) in [7, 11) is 1.68. The number of rotatable bonds is 6. The van der Waals surface area contributed by atoms with E-state index in [1.165, 1.54) is 32.1 Å². The maximum absolute atomic E-state index is 12.9. The maximum atomic E-state index is 12.9. The summed E-state index contributed by atoms with van der Waals surface area (Å²) in [6, 6.07) is 14.6. The number of ether oxygens (including phenoxy) is 1. The molecule has 4 fully saturated rings. The molecule has 5 aliphatic rings. The van der Waals surface area contributed by atoms with Gasteiger partial charge in [-0.25, -0.2) is 4.99 Å². The molecule has 6 heteroatoms. The monoisotopic (exact) mass is 458 g/mol. The fourth-order valence-corrected chi connectivity index (χ4v) is 7.18. The van der Waals surface area contributed by atoms with Gasteiger partial charge in [0.2, 0.25) is 5.91 Å². The van der Waals surface area contributed by atoms with Gasteiger partial charge in [-0.2, -0.15) is 0 Å². The quantitative estimate of drug-likeness (QED) is 0.670. The van der Waals surface area contributed by atoms with Gasteiger partial charge in [-0.15, -0.1) is 0 Å². The van der Waals surface area contributed by atoms with E-state index in [4.69, 9.17) is 10.5 Å². The number of hydrogen-bond donors (Lipinski definition) is 2. The molecule has 1 aliphatic heterocycles. The summed E-state index contributed by atoms with van der Waals surface area (Å²) in [5.74, 6) is 4.71. The molecule has 0 aromatic heterocycles. The van der Waals surface area contributed by atoms with Gasteiger partial charge < -0.3 is 20.7 Å². The number of aliphatic imine (C=N–C) groups is 1. The molecule has 34 heavy (non-hydrogen) atoms. The number of nitrogens with one attached hydrogen (secondary N) is 1. The summed E-state index contributed by atoms with van der Waals surface area (Å²) in [5.41, 5.74) is 10.4. The molecule has 178 valence electrons. The van der Waals surface area contributed by atoms with Crippen molar-refractivity contribution in [1.82, 2.24) is 10.2 Å². The van der Waals surface area contributed by atoms with Gasteiger partial charge in [0.1, 0.15) is 5.75 Å². The molecule has 0 unspecified atom stereocenters. The average molecular weight is 459 g/mol. The van der Waals surface area contributed by atoms with Crippen molar-refractivity contribution < 1.29 is 9.53 Å². The maximum Gasteiger partial charge on any atom is 0.222 e. The van der Waals surface area contributed by atoms with E-state index in [-0.39, 0.29) is 5.91 Å². The van der Waals surface area contributed by atoms with Crippen LogP contribution in [0.15, 0.2) is 47.5 Å². The van der Waals surface area contributed by atoms with Gasteiger partial charge in [-0.1, -0.05) is 30.3 Å². The van der Waals surface area contributed by atoms with Crippen molar-refractivity contribution in [1.29, 1.82) is 0 Å². The zero-order valence-corrected chi connectivity index (χ0v) is 19.9. The lowest BCUT2D eigenvalue weighted by atomic mass is 9.54. The Kier molecular flexibility index (Phi) is 5.47. The number of guanidine groups is 1. The van der Waals surface area contributed by atoms with Crippen LogP contribution in [-0.2, 0) is 11.3 Å². The smallest absolute Gasteiger partial charge is 0.222 e. The summed E-state index contributed by atoms with van der Waals surface area (Å²) >= 11 is 0. The van der Waals surface area contributed by atoms with Gasteiger partial charge in [-0.3, -0.25) is 4.79 Å². The van der Waals surface area contributed by atoms with E-state index in [1.54, 1.807) is 7.11 Å². The second-order valence-corrected chi connectivity index (χ2v) is 10.7. The Morgan fingerprint density at radius 2 is 1.82 bits per heavy atom. The molecule has 4 saturated carbocycles. The van der Waals surface area contributed by atoms with Crippen LogP contribution in [0.4, 0.5) is 5.69 Å². The molecular formula is C28H34N4O2. The third-order valence-electron chi connectivity index (χ3n) is 8.59. The van der Waals surface area contributed by atoms with Crippen LogP contribution in [0, 0.1) is 23.7 Å². The van der Waals surface area contributed by atoms with Gasteiger partial charge >= 0.3 is 0 Å². The Morgan fingerprint density at radius 1 is 1.09 bits per heavy atom. The first-order valence-corrected chi connectivity index (χ1v) is 12.7. The van der Waals surface area contributed by atoms with Crippen LogP contribution in [-0.4, -0.2) is 36.5 Å². The standard InChI is InChI=1S/C28H34N4O2/c1-34-25-5-3-2-4-23(25)19-6-7-20-16-32(28(29)30-24(20)15-19)9-8-26(33)31-27-21-11-17-10-18(13-21)14-22(27)12-17/h2-7,15,17-18,21-22,27H,8-14,16H2,1H3,(H2,29,30)(H,31,33). The van der Waals surface area contributed by atoms with Crippen LogP contribution in [0.1, 0.15) is 44.1 Å². The van der Waals surface area contributed by atoms with Gasteiger partial charge in [0.15, 0.2) is 5.96 Å². The van der Waals surface area contributed by atoms with Crippen molar-refractivity contribution in [3.63, 3.8) is 0 Å². The Morgan fingerprint density at radius 3 is 2.56 bits per heavy atom. The topological polar surface area (TPSA) is 80.0 Å². The van der Waals surface area contributed by atoms with Gasteiger partial charge in [0.05, 0.1) is 12.8 Å². The van der Waals surface area contributed by atoms with Crippen molar-refractivity contribution in [3.05, 3.63) is 48.0 Å². The van der Waals surface area contributed by atoms with Crippen molar-refractivity contribution in [2.75, 3.05) is 13.7 Å². The van der Waals surface area contributed by atoms with Crippen LogP contribution in [0.5, 0.6) is 5.75 Å². The second-order valence-electron chi connectivity index (χ2n) is 10.7. The van der Waals surface area contributed by atoms with Crippen LogP contribution in [0.25, 0.3) is 11.1 Å². The van der Waals surface area contributed by atoms with Crippen molar-refractivity contribution in [2.45, 2.75) is 51.1 Å². The molecule has 1 heterocycles. The molecule has 1 amide bonds. The molecule has 3 N–H and O–H groups in total. The first-order valence-electron chi connectivity index (χ1n) is 12.7. The molecule has 7 rings (SSSR count). The Balaban J connectivity index is 1.09. The highest BCUT2D eigenvalue weighted by molar-refractivity contribution is 5.86. The Hall–Kier alpha value is -3.02. The SMILES string of the molecule is COc1ccccc1-c1ccc2c(c1)N=C(N)N(CCC(=O)NC1C3CC4CC(C3)CC1C4)C2. The summed E-state index contributed by atoms with van der Waals surface area (Å²) in [6.07, 6.45) is 7.15. The first kappa shape index (κ1) is 21.5. The highest BCUT2D eigenvalue weighted by Gasteiger charge is 2.48. The molecule has 6 nitrogen and oxygen atoms in total. The summed E-state index contributed by atoms with van der Waals surface area (Å²) < 4.78 is 5.52. The number of carbonyl (C=O) groups excluding carboxylic acids is 1. The molecule has 0 spiro atoms. The number of fused-ring (bicyclic) bond motifs is 1. The average Bonchev–Trinajstić information content (AvgIpc) is 2.84. The van der Waals surface area contributed by atoms with E-state index in [0.717, 1.165) is 40.0 Å². The van der Waals surface area contributed by atoms with Crippen LogP contribution < -0.4 is 15.8 Å². The number of hydrogen-bond acceptors (Lipinski definition) is 5. The van der Waals surface area contributed by atoms with E-state index in [0.29, 0.717) is 43.3 Å². The van der Waals surface area contributed by atoms with Crippen molar-refractivity contribution in [3.8, 4) is 16.9 Å². The predicted molar refractivity (Wildman–Crippen MR) is 134 cm³/mol. The van der Waals surface area contributed by atoms with Crippen LogP contribution >= 0.6 is 0 Å². The number of benzene rings is 2. The predicted octanol–water partition coefficient (Wildman–Crippen LogP) is 4.46. The minimum absolute atomic E-state index is 0.155. The lowest BCUT2D eigenvalue weighted by Crippen LogP contribution is -2.56. The molecule has 0 atom stereocenters. The van der Waals surface area contributed by atoms with Gasteiger partial charge in [-0.05, 0) is 79.0 Å². The number of amides is 1. The Labute approximate surface area is 201 Å². The molecule has 0 radical (unpaired) electrons. The summed E-state index contributed by atoms with van der Waals surface area (Å²) in [5, 5.41) is 3.41. The highest BCUT2D eigenvalue weighted by Crippen LogP contribution is 2.53. The zero-order chi connectivity index (χ0) is 23.2. The molecule has 2 aromatic rings. The number of nitrogens with zero attached hydrogens (tertiary/aromatic N) is 2. The van der Waals surface area contributed by atoms with Gasteiger partial charge in [0.25, 0.3) is 0 Å². The number of methoxy groups -OCH3 is 1. The third-order valence-corrected chi connectivity index (χ3v) is 8.59. The molecule has 0 saturated heterocycles. The molecule has 2 aromatic carbocycles. The van der Waals surface area contributed by atoms with Crippen molar-refractivity contribution in [2.24, 2.45) is 34.4 Å². The lowest BCUT2D eigenvalue weighted by Gasteiger charge is -2.54. The largest absolute Gasteiger partial charge is 0.496 e.